The summed E-state index contributed by atoms with van der Waals surface area (Å²) in [6, 6.07) is 0. The Morgan fingerprint density at radius 3 is 2.85 bits per heavy atom. The number of ketones is 1. The standard InChI is InChI=1S/C11H12O2/c1-2-11(13)10-5-3-4-9(8-12)6-7-10/h4-8H,2-3H2,1H3. The molecule has 0 bridgehead atoms. The van der Waals surface area contributed by atoms with Crippen molar-refractivity contribution in [2.45, 2.75) is 19.8 Å². The number of rotatable bonds is 3. The van der Waals surface area contributed by atoms with Gasteiger partial charge in [-0.05, 0) is 6.42 Å². The van der Waals surface area contributed by atoms with Gasteiger partial charge in [0.1, 0.15) is 6.29 Å². The Labute approximate surface area is 77.6 Å². The van der Waals surface area contributed by atoms with E-state index in [4.69, 9.17) is 0 Å². The minimum absolute atomic E-state index is 0.122. The highest BCUT2D eigenvalue weighted by atomic mass is 16.1. The molecule has 1 rings (SSSR count). The van der Waals surface area contributed by atoms with Crippen LogP contribution in [0.5, 0.6) is 0 Å². The van der Waals surface area contributed by atoms with Crippen molar-refractivity contribution in [1.82, 2.24) is 0 Å². The number of hydrogen-bond acceptors (Lipinski definition) is 2. The first-order valence-corrected chi connectivity index (χ1v) is 4.34. The van der Waals surface area contributed by atoms with Crippen LogP contribution >= 0.6 is 0 Å². The predicted molar refractivity (Wildman–Crippen MR) is 51.3 cm³/mol. The predicted octanol–water partition coefficient (Wildman–Crippen LogP) is 1.98. The SMILES string of the molecule is CCC(=O)C1=CCC=C(C=O)C=C1. The maximum atomic E-state index is 11.3. The first-order valence-electron chi connectivity index (χ1n) is 4.34. The summed E-state index contributed by atoms with van der Waals surface area (Å²) in [5.74, 6) is 0.122. The van der Waals surface area contributed by atoms with Crippen molar-refractivity contribution in [3.63, 3.8) is 0 Å². The molecule has 0 saturated carbocycles. The van der Waals surface area contributed by atoms with E-state index in [1.807, 2.05) is 13.0 Å². The van der Waals surface area contributed by atoms with Gasteiger partial charge < -0.3 is 0 Å². The van der Waals surface area contributed by atoms with Gasteiger partial charge in [-0.15, -0.1) is 0 Å². The van der Waals surface area contributed by atoms with E-state index < -0.39 is 0 Å². The molecule has 0 radical (unpaired) electrons. The zero-order chi connectivity index (χ0) is 9.68. The third-order valence-electron chi connectivity index (χ3n) is 1.93. The van der Waals surface area contributed by atoms with Crippen LogP contribution in [0.4, 0.5) is 0 Å². The number of hydrogen-bond donors (Lipinski definition) is 0. The van der Waals surface area contributed by atoms with Gasteiger partial charge in [-0.3, -0.25) is 9.59 Å². The second kappa shape index (κ2) is 4.55. The lowest BCUT2D eigenvalue weighted by atomic mass is 10.1. The van der Waals surface area contributed by atoms with Crippen LogP contribution in [0, 0.1) is 0 Å². The summed E-state index contributed by atoms with van der Waals surface area (Å²) in [6.45, 7) is 1.83. The van der Waals surface area contributed by atoms with E-state index >= 15 is 0 Å². The van der Waals surface area contributed by atoms with Crippen LogP contribution in [0.1, 0.15) is 19.8 Å². The Bertz CT molecular complexity index is 306. The van der Waals surface area contributed by atoms with Crippen molar-refractivity contribution in [2.24, 2.45) is 0 Å². The fourth-order valence-electron chi connectivity index (χ4n) is 1.14. The lowest BCUT2D eigenvalue weighted by molar-refractivity contribution is -0.115. The molecule has 0 N–H and O–H groups in total. The fraction of sp³-hybridized carbons (Fsp3) is 0.273. The summed E-state index contributed by atoms with van der Waals surface area (Å²) in [7, 11) is 0. The molecule has 0 unspecified atom stereocenters. The second-order valence-corrected chi connectivity index (χ2v) is 2.83. The van der Waals surface area contributed by atoms with Crippen LogP contribution in [0.3, 0.4) is 0 Å². The summed E-state index contributed by atoms with van der Waals surface area (Å²) in [5.41, 5.74) is 1.34. The topological polar surface area (TPSA) is 34.1 Å². The van der Waals surface area contributed by atoms with Crippen LogP contribution in [-0.2, 0) is 9.59 Å². The number of Topliss-reactive ketones (excluding diaryl/α,β-unsaturated/α-hetero) is 1. The zero-order valence-electron chi connectivity index (χ0n) is 7.62. The zero-order valence-corrected chi connectivity index (χ0v) is 7.62. The van der Waals surface area contributed by atoms with Crippen molar-refractivity contribution >= 4 is 12.1 Å². The molecule has 0 aromatic heterocycles. The Balaban J connectivity index is 2.79. The van der Waals surface area contributed by atoms with Crippen molar-refractivity contribution in [2.75, 3.05) is 0 Å². The maximum absolute atomic E-state index is 11.3. The molecule has 0 aromatic rings. The molecule has 2 heteroatoms. The molecule has 0 amide bonds. The third kappa shape index (κ3) is 2.51. The fourth-order valence-corrected chi connectivity index (χ4v) is 1.14. The van der Waals surface area contributed by atoms with E-state index in [1.54, 1.807) is 18.2 Å². The van der Waals surface area contributed by atoms with E-state index in [-0.39, 0.29) is 5.78 Å². The van der Waals surface area contributed by atoms with Gasteiger partial charge in [-0.2, -0.15) is 0 Å². The first kappa shape index (κ1) is 9.65. The van der Waals surface area contributed by atoms with E-state index in [1.165, 1.54) is 0 Å². The number of carbonyl (C=O) groups is 2. The monoisotopic (exact) mass is 176 g/mol. The lowest BCUT2D eigenvalue weighted by Crippen LogP contribution is -1.97. The Morgan fingerprint density at radius 1 is 1.46 bits per heavy atom. The molecule has 1 aliphatic carbocycles. The normalized spacial score (nSPS) is 15.8. The van der Waals surface area contributed by atoms with Gasteiger partial charge in [0.05, 0.1) is 0 Å². The second-order valence-electron chi connectivity index (χ2n) is 2.83. The molecule has 0 saturated heterocycles. The molecule has 13 heavy (non-hydrogen) atoms. The van der Waals surface area contributed by atoms with Gasteiger partial charge in [0, 0.05) is 17.6 Å². The first-order chi connectivity index (χ1) is 6.27. The smallest absolute Gasteiger partial charge is 0.162 e. The minimum Gasteiger partial charge on any atom is -0.298 e. The Morgan fingerprint density at radius 2 is 2.23 bits per heavy atom. The Kier molecular flexibility index (Phi) is 3.38. The van der Waals surface area contributed by atoms with Gasteiger partial charge >= 0.3 is 0 Å². The van der Waals surface area contributed by atoms with E-state index in [0.29, 0.717) is 24.0 Å². The minimum atomic E-state index is 0.122. The molecule has 0 aromatic carbocycles. The van der Waals surface area contributed by atoms with Gasteiger partial charge in [0.15, 0.2) is 5.78 Å². The number of allylic oxidation sites excluding steroid dienone is 6. The molecule has 0 atom stereocenters. The van der Waals surface area contributed by atoms with Crippen molar-refractivity contribution in [3.8, 4) is 0 Å². The van der Waals surface area contributed by atoms with Crippen molar-refractivity contribution in [1.29, 1.82) is 0 Å². The Hall–Kier alpha value is -1.44. The summed E-state index contributed by atoms with van der Waals surface area (Å²) in [5, 5.41) is 0. The van der Waals surface area contributed by atoms with Crippen LogP contribution in [0.25, 0.3) is 0 Å². The molecule has 0 heterocycles. The van der Waals surface area contributed by atoms with Crippen LogP contribution in [0.15, 0.2) is 35.5 Å². The number of carbonyl (C=O) groups excluding carboxylic acids is 2. The largest absolute Gasteiger partial charge is 0.298 e. The maximum Gasteiger partial charge on any atom is 0.162 e. The lowest BCUT2D eigenvalue weighted by Gasteiger charge is -1.95. The molecule has 0 fully saturated rings. The van der Waals surface area contributed by atoms with Gasteiger partial charge in [-0.25, -0.2) is 0 Å². The highest BCUT2D eigenvalue weighted by Gasteiger charge is 2.04. The average molecular weight is 176 g/mol. The van der Waals surface area contributed by atoms with Gasteiger partial charge in [0.2, 0.25) is 0 Å². The van der Waals surface area contributed by atoms with Gasteiger partial charge in [0.25, 0.3) is 0 Å². The van der Waals surface area contributed by atoms with Crippen LogP contribution < -0.4 is 0 Å². The molecular weight excluding hydrogens is 164 g/mol. The third-order valence-corrected chi connectivity index (χ3v) is 1.93. The van der Waals surface area contributed by atoms with Crippen molar-refractivity contribution < 1.29 is 9.59 Å². The van der Waals surface area contributed by atoms with E-state index in [0.717, 1.165) is 6.29 Å². The molecule has 0 spiro atoms. The highest BCUT2D eigenvalue weighted by molar-refractivity contribution is 5.98. The number of aldehydes is 1. The van der Waals surface area contributed by atoms with Crippen LogP contribution in [0.2, 0.25) is 0 Å². The molecule has 1 aliphatic rings. The summed E-state index contributed by atoms with van der Waals surface area (Å²) < 4.78 is 0. The quantitative estimate of drug-likeness (QED) is 0.616. The summed E-state index contributed by atoms with van der Waals surface area (Å²) >= 11 is 0. The van der Waals surface area contributed by atoms with Gasteiger partial charge in [-0.1, -0.05) is 31.2 Å². The molecule has 0 aliphatic heterocycles. The van der Waals surface area contributed by atoms with Crippen molar-refractivity contribution in [3.05, 3.63) is 35.5 Å². The van der Waals surface area contributed by atoms with Crippen LogP contribution in [-0.4, -0.2) is 12.1 Å². The average Bonchev–Trinajstić information content (AvgIpc) is 2.41. The highest BCUT2D eigenvalue weighted by Crippen LogP contribution is 2.11. The molecular formula is C11H12O2. The van der Waals surface area contributed by atoms with E-state index in [9.17, 15) is 9.59 Å². The summed E-state index contributed by atoms with van der Waals surface area (Å²) in [4.78, 5) is 21.7. The van der Waals surface area contributed by atoms with E-state index in [2.05, 4.69) is 0 Å². The molecule has 2 nitrogen and oxygen atoms in total. The summed E-state index contributed by atoms with van der Waals surface area (Å²) in [6.07, 6.45) is 9.00. The molecule has 68 valence electrons.